The van der Waals surface area contributed by atoms with E-state index in [9.17, 15) is 0 Å². The van der Waals surface area contributed by atoms with Crippen molar-refractivity contribution < 1.29 is 0 Å². The second kappa shape index (κ2) is 4.38. The zero-order chi connectivity index (χ0) is 12.5. The molecule has 5 nitrogen and oxygen atoms in total. The lowest BCUT2D eigenvalue weighted by atomic mass is 10.2. The van der Waals surface area contributed by atoms with Crippen molar-refractivity contribution in [1.29, 1.82) is 0 Å². The SMILES string of the molecule is CSc1nccc(-n2nnc3cc(C)ccc32)n1. The van der Waals surface area contributed by atoms with Crippen molar-refractivity contribution in [3.8, 4) is 5.82 Å². The molecule has 3 aromatic rings. The van der Waals surface area contributed by atoms with Crippen LogP contribution in [0.15, 0.2) is 35.6 Å². The largest absolute Gasteiger partial charge is 0.231 e. The number of hydrogen-bond donors (Lipinski definition) is 0. The fraction of sp³-hybridized carbons (Fsp3) is 0.167. The van der Waals surface area contributed by atoms with Crippen LogP contribution in [0, 0.1) is 6.92 Å². The summed E-state index contributed by atoms with van der Waals surface area (Å²) in [5, 5.41) is 9.03. The maximum Gasteiger partial charge on any atom is 0.189 e. The first-order valence-corrected chi connectivity index (χ1v) is 6.70. The number of aromatic nitrogens is 5. The number of hydrogen-bond acceptors (Lipinski definition) is 5. The Hall–Kier alpha value is -1.95. The van der Waals surface area contributed by atoms with E-state index < -0.39 is 0 Å². The van der Waals surface area contributed by atoms with Gasteiger partial charge in [-0.05, 0) is 30.9 Å². The van der Waals surface area contributed by atoms with Crippen LogP contribution in [0.4, 0.5) is 0 Å². The second-order valence-electron chi connectivity index (χ2n) is 3.89. The Kier molecular flexibility index (Phi) is 2.71. The van der Waals surface area contributed by atoms with Crippen LogP contribution in [0.5, 0.6) is 0 Å². The first kappa shape index (κ1) is 11.2. The van der Waals surface area contributed by atoms with Gasteiger partial charge in [0, 0.05) is 12.3 Å². The van der Waals surface area contributed by atoms with Crippen molar-refractivity contribution in [2.24, 2.45) is 0 Å². The molecule has 0 atom stereocenters. The molecule has 0 bridgehead atoms. The van der Waals surface area contributed by atoms with Gasteiger partial charge in [-0.2, -0.15) is 4.68 Å². The Morgan fingerprint density at radius 2 is 2.11 bits per heavy atom. The highest BCUT2D eigenvalue weighted by molar-refractivity contribution is 7.98. The molecule has 2 aromatic heterocycles. The average molecular weight is 257 g/mol. The van der Waals surface area contributed by atoms with Gasteiger partial charge in [0.2, 0.25) is 0 Å². The van der Waals surface area contributed by atoms with Crippen molar-refractivity contribution in [3.63, 3.8) is 0 Å². The van der Waals surface area contributed by atoms with E-state index >= 15 is 0 Å². The van der Waals surface area contributed by atoms with Crippen molar-refractivity contribution in [1.82, 2.24) is 25.0 Å². The molecule has 0 aliphatic carbocycles. The standard InChI is InChI=1S/C12H11N5S/c1-8-3-4-10-9(7-8)15-16-17(10)11-5-6-13-12(14-11)18-2/h3-7H,1-2H3. The fourth-order valence-electron chi connectivity index (χ4n) is 1.75. The maximum absolute atomic E-state index is 4.42. The Balaban J connectivity index is 2.19. The van der Waals surface area contributed by atoms with Crippen molar-refractivity contribution in [2.45, 2.75) is 12.1 Å². The van der Waals surface area contributed by atoms with E-state index in [1.807, 2.05) is 37.4 Å². The topological polar surface area (TPSA) is 56.5 Å². The average Bonchev–Trinajstić information content (AvgIpc) is 2.81. The number of rotatable bonds is 2. The zero-order valence-corrected chi connectivity index (χ0v) is 10.8. The molecule has 2 heterocycles. The van der Waals surface area contributed by atoms with Gasteiger partial charge in [-0.25, -0.2) is 9.97 Å². The minimum Gasteiger partial charge on any atom is -0.231 e. The summed E-state index contributed by atoms with van der Waals surface area (Å²) >= 11 is 1.50. The summed E-state index contributed by atoms with van der Waals surface area (Å²) in [6.07, 6.45) is 3.68. The highest BCUT2D eigenvalue weighted by Crippen LogP contribution is 2.17. The smallest absolute Gasteiger partial charge is 0.189 e. The molecule has 0 N–H and O–H groups in total. The summed E-state index contributed by atoms with van der Waals surface area (Å²) in [7, 11) is 0. The van der Waals surface area contributed by atoms with E-state index in [0.29, 0.717) is 0 Å². The molecule has 0 fully saturated rings. The van der Waals surface area contributed by atoms with Crippen LogP contribution >= 0.6 is 11.8 Å². The summed E-state index contributed by atoms with van der Waals surface area (Å²) in [6, 6.07) is 7.88. The molecular weight excluding hydrogens is 246 g/mol. The Morgan fingerprint density at radius 1 is 1.22 bits per heavy atom. The first-order valence-electron chi connectivity index (χ1n) is 5.47. The van der Waals surface area contributed by atoms with Gasteiger partial charge in [-0.1, -0.05) is 23.0 Å². The molecule has 18 heavy (non-hydrogen) atoms. The predicted octanol–water partition coefficient (Wildman–Crippen LogP) is 2.24. The summed E-state index contributed by atoms with van der Waals surface area (Å²) in [5.74, 6) is 0.737. The van der Waals surface area contributed by atoms with Gasteiger partial charge in [-0.15, -0.1) is 5.10 Å². The van der Waals surface area contributed by atoms with Gasteiger partial charge in [0.05, 0.1) is 5.52 Å². The third-order valence-electron chi connectivity index (χ3n) is 2.62. The molecule has 0 spiro atoms. The van der Waals surface area contributed by atoms with E-state index in [-0.39, 0.29) is 0 Å². The lowest BCUT2D eigenvalue weighted by molar-refractivity contribution is 0.777. The molecular formula is C12H11N5S. The monoisotopic (exact) mass is 257 g/mol. The molecule has 0 radical (unpaired) electrons. The molecule has 0 aliphatic heterocycles. The van der Waals surface area contributed by atoms with E-state index in [1.165, 1.54) is 17.3 Å². The van der Waals surface area contributed by atoms with Crippen LogP contribution in [-0.2, 0) is 0 Å². The maximum atomic E-state index is 4.42. The van der Waals surface area contributed by atoms with E-state index in [2.05, 4.69) is 20.3 Å². The van der Waals surface area contributed by atoms with Crippen LogP contribution in [0.25, 0.3) is 16.9 Å². The van der Waals surface area contributed by atoms with Crippen LogP contribution in [0.1, 0.15) is 5.56 Å². The molecule has 0 saturated carbocycles. The van der Waals surface area contributed by atoms with Gasteiger partial charge < -0.3 is 0 Å². The van der Waals surface area contributed by atoms with Gasteiger partial charge in [-0.3, -0.25) is 0 Å². The van der Waals surface area contributed by atoms with Crippen LogP contribution in [0.3, 0.4) is 0 Å². The third kappa shape index (κ3) is 1.84. The van der Waals surface area contributed by atoms with Crippen LogP contribution in [0.2, 0.25) is 0 Å². The first-order chi connectivity index (χ1) is 8.78. The third-order valence-corrected chi connectivity index (χ3v) is 3.18. The Morgan fingerprint density at radius 3 is 2.94 bits per heavy atom. The summed E-state index contributed by atoms with van der Waals surface area (Å²) < 4.78 is 1.73. The molecule has 0 unspecified atom stereocenters. The van der Waals surface area contributed by atoms with Gasteiger partial charge in [0.15, 0.2) is 11.0 Å². The van der Waals surface area contributed by atoms with E-state index in [1.54, 1.807) is 10.9 Å². The Bertz CT molecular complexity index is 707. The number of benzene rings is 1. The molecule has 1 aromatic carbocycles. The number of nitrogens with zero attached hydrogens (tertiary/aromatic N) is 5. The lowest BCUT2D eigenvalue weighted by Crippen LogP contribution is -2.01. The summed E-state index contributed by atoms with van der Waals surface area (Å²) in [6.45, 7) is 2.04. The normalized spacial score (nSPS) is 11.0. The molecule has 0 saturated heterocycles. The second-order valence-corrected chi connectivity index (χ2v) is 4.67. The quantitative estimate of drug-likeness (QED) is 0.520. The molecule has 0 amide bonds. The molecule has 3 rings (SSSR count). The summed E-state index contributed by atoms with van der Waals surface area (Å²) in [4.78, 5) is 8.57. The van der Waals surface area contributed by atoms with Crippen molar-refractivity contribution >= 4 is 22.8 Å². The van der Waals surface area contributed by atoms with Crippen LogP contribution in [-0.4, -0.2) is 31.2 Å². The zero-order valence-electron chi connectivity index (χ0n) is 10.0. The predicted molar refractivity (Wildman–Crippen MR) is 71.0 cm³/mol. The number of fused-ring (bicyclic) bond motifs is 1. The van der Waals surface area contributed by atoms with Gasteiger partial charge in [0.25, 0.3) is 0 Å². The lowest BCUT2D eigenvalue weighted by Gasteiger charge is -2.02. The van der Waals surface area contributed by atoms with Crippen LogP contribution < -0.4 is 0 Å². The van der Waals surface area contributed by atoms with E-state index in [0.717, 1.165) is 22.0 Å². The fourth-order valence-corrected chi connectivity index (χ4v) is 2.10. The van der Waals surface area contributed by atoms with Crippen molar-refractivity contribution in [2.75, 3.05) is 6.26 Å². The number of thioether (sulfide) groups is 1. The molecule has 0 aliphatic rings. The Labute approximate surface area is 108 Å². The highest BCUT2D eigenvalue weighted by atomic mass is 32.2. The molecule has 90 valence electrons. The molecule has 6 heteroatoms. The van der Waals surface area contributed by atoms with E-state index in [4.69, 9.17) is 0 Å². The minimum absolute atomic E-state index is 0.725. The van der Waals surface area contributed by atoms with Crippen molar-refractivity contribution in [3.05, 3.63) is 36.0 Å². The summed E-state index contributed by atoms with van der Waals surface area (Å²) in [5.41, 5.74) is 2.99. The van der Waals surface area contributed by atoms with Gasteiger partial charge >= 0.3 is 0 Å². The number of aryl methyl sites for hydroxylation is 1. The van der Waals surface area contributed by atoms with Gasteiger partial charge in [0.1, 0.15) is 5.52 Å². The highest BCUT2D eigenvalue weighted by Gasteiger charge is 2.08. The minimum atomic E-state index is 0.725.